The molecule has 3 rings (SSSR count). The molecule has 0 aromatic heterocycles. The van der Waals surface area contributed by atoms with Crippen LogP contribution in [0.15, 0.2) is 81.1 Å². The van der Waals surface area contributed by atoms with Gasteiger partial charge in [-0.25, -0.2) is 0 Å². The third-order valence-electron chi connectivity index (χ3n) is 7.99. The van der Waals surface area contributed by atoms with Crippen LogP contribution >= 0.6 is 0 Å². The molecule has 24 heteroatoms. The first-order valence-electron chi connectivity index (χ1n) is 19.7. The van der Waals surface area contributed by atoms with Crippen molar-refractivity contribution >= 4 is 23.9 Å². The van der Waals surface area contributed by atoms with Crippen molar-refractivity contribution in [3.05, 3.63) is 125 Å². The van der Waals surface area contributed by atoms with E-state index in [4.69, 9.17) is 60.0 Å². The number of hydrogen-bond donors (Lipinski definition) is 0. The maximum atomic E-state index is 12.5. The molecule has 0 radical (unpaired) electrons. The molecule has 0 N–H and O–H groups in total. The molecule has 0 saturated heterocycles. The lowest BCUT2D eigenvalue weighted by Crippen LogP contribution is -2.14. The fourth-order valence-corrected chi connectivity index (χ4v) is 5.15. The first-order valence-corrected chi connectivity index (χ1v) is 19.7. The summed E-state index contributed by atoms with van der Waals surface area (Å²) in [5, 5.41) is 13.9. The minimum Gasteiger partial charge on any atom is -0.493 e. The molecule has 0 saturated carbocycles. The highest BCUT2D eigenvalue weighted by Crippen LogP contribution is 2.26. The highest BCUT2D eigenvalue weighted by atomic mass is 16.6. The molecular weight excluding hydrogens is 841 g/mol. The van der Waals surface area contributed by atoms with E-state index in [1.54, 1.807) is 60.7 Å². The summed E-state index contributed by atoms with van der Waals surface area (Å²) in [6.45, 7) is 1.20. The van der Waals surface area contributed by atoms with Crippen molar-refractivity contribution in [3.63, 3.8) is 0 Å². The number of carbonyl (C=O) groups is 4. The summed E-state index contributed by atoms with van der Waals surface area (Å²) < 4.78 is 44.0. The number of azide groups is 4. The molecule has 0 heterocycles. The van der Waals surface area contributed by atoms with Crippen molar-refractivity contribution in [1.29, 1.82) is 0 Å². The second-order valence-corrected chi connectivity index (χ2v) is 13.1. The lowest BCUT2D eigenvalue weighted by atomic mass is 10.1. The SMILES string of the molecule is [N-]=[N+]=NCCCOc1cc(COC(=O)CC(=O)OCc2cccc(COC(=O)CC(=O)OCc3cc(OCCCN=[N+]=[N-])cc(OCCCN=[N+]=[N-])c3)c2)cc(OCCCN=[N+]=[N-])c1. The van der Waals surface area contributed by atoms with Crippen LogP contribution in [-0.4, -0.2) is 76.5 Å². The van der Waals surface area contributed by atoms with Crippen molar-refractivity contribution in [1.82, 2.24) is 0 Å². The van der Waals surface area contributed by atoms with Gasteiger partial charge >= 0.3 is 23.9 Å². The Morgan fingerprint density at radius 1 is 0.406 bits per heavy atom. The van der Waals surface area contributed by atoms with Gasteiger partial charge in [0.25, 0.3) is 0 Å². The Morgan fingerprint density at radius 2 is 0.688 bits per heavy atom. The molecule has 0 bridgehead atoms. The lowest BCUT2D eigenvalue weighted by molar-refractivity contribution is -0.157. The van der Waals surface area contributed by atoms with Crippen molar-refractivity contribution in [3.8, 4) is 23.0 Å². The Kier molecular flexibility index (Phi) is 24.3. The predicted octanol–water partition coefficient (Wildman–Crippen LogP) is 8.36. The van der Waals surface area contributed by atoms with E-state index in [1.165, 1.54) is 0 Å². The van der Waals surface area contributed by atoms with E-state index >= 15 is 0 Å². The molecule has 64 heavy (non-hydrogen) atoms. The zero-order valence-corrected chi connectivity index (χ0v) is 34.8. The average Bonchev–Trinajstić information content (AvgIpc) is 3.28. The van der Waals surface area contributed by atoms with Crippen LogP contribution in [0.3, 0.4) is 0 Å². The van der Waals surface area contributed by atoms with Gasteiger partial charge < -0.3 is 37.9 Å². The minimum absolute atomic E-state index is 0.190. The fourth-order valence-electron chi connectivity index (χ4n) is 5.15. The van der Waals surface area contributed by atoms with Crippen LogP contribution in [0, 0.1) is 0 Å². The number of ether oxygens (including phenoxy) is 8. The van der Waals surface area contributed by atoms with Gasteiger partial charge in [0.1, 0.15) is 62.3 Å². The molecule has 0 atom stereocenters. The van der Waals surface area contributed by atoms with E-state index in [9.17, 15) is 19.2 Å². The van der Waals surface area contributed by atoms with Gasteiger partial charge in [-0.1, -0.05) is 38.7 Å². The van der Waals surface area contributed by atoms with Gasteiger partial charge in [-0.2, -0.15) is 0 Å². The van der Waals surface area contributed by atoms with E-state index in [0.717, 1.165) is 0 Å². The molecule has 0 fully saturated rings. The zero-order chi connectivity index (χ0) is 46.0. The second-order valence-electron chi connectivity index (χ2n) is 13.1. The van der Waals surface area contributed by atoms with Gasteiger partial charge in [0.05, 0.1) is 26.4 Å². The van der Waals surface area contributed by atoms with Gasteiger partial charge in [-0.3, -0.25) is 19.2 Å². The number of rotatable bonds is 32. The number of carbonyl (C=O) groups excluding carboxylic acids is 4. The van der Waals surface area contributed by atoms with Crippen LogP contribution in [0.2, 0.25) is 0 Å². The Labute approximate surface area is 366 Å². The Balaban J connectivity index is 1.44. The highest BCUT2D eigenvalue weighted by molar-refractivity contribution is 5.91. The van der Waals surface area contributed by atoms with Gasteiger partial charge in [-0.15, -0.1) is 0 Å². The van der Waals surface area contributed by atoms with Gasteiger partial charge in [0.15, 0.2) is 0 Å². The standard InChI is InChI=1S/C40H46N12O12/c41-49-45-8-2-12-57-33-17-31(18-34(21-33)58-13-3-9-46-50-42)27-63-39(55)23-37(53)61-25-29-6-1-7-30(16-29)26-62-38(54)24-40(56)64-28-32-19-35(59-14-4-10-47-51-43)22-36(20-32)60-15-5-11-48-52-44/h1,6-7,16-22H,2-5,8-15,23-28H2. The maximum absolute atomic E-state index is 12.5. The molecule has 0 unspecified atom stereocenters. The number of nitrogens with zero attached hydrogens (tertiary/aromatic N) is 12. The third-order valence-corrected chi connectivity index (χ3v) is 7.99. The van der Waals surface area contributed by atoms with Crippen molar-refractivity contribution in [2.24, 2.45) is 20.5 Å². The quantitative estimate of drug-likeness (QED) is 0.0108. The highest BCUT2D eigenvalue weighted by Gasteiger charge is 2.16. The summed E-state index contributed by atoms with van der Waals surface area (Å²) in [4.78, 5) is 60.8. The topological polar surface area (TPSA) is 337 Å². The summed E-state index contributed by atoms with van der Waals surface area (Å²) >= 11 is 0. The van der Waals surface area contributed by atoms with Crippen LogP contribution in [0.1, 0.15) is 60.8 Å². The van der Waals surface area contributed by atoms with Crippen LogP contribution in [0.4, 0.5) is 0 Å². The second kappa shape index (κ2) is 30.9. The van der Waals surface area contributed by atoms with E-state index < -0.39 is 36.7 Å². The molecule has 3 aromatic carbocycles. The van der Waals surface area contributed by atoms with Gasteiger partial charge in [0, 0.05) is 58.0 Å². The molecule has 0 amide bonds. The molecule has 0 aliphatic carbocycles. The molecular formula is C40H46N12O12. The van der Waals surface area contributed by atoms with Crippen molar-refractivity contribution < 1.29 is 57.1 Å². The molecule has 3 aromatic rings. The molecule has 24 nitrogen and oxygen atoms in total. The molecule has 0 spiro atoms. The first kappa shape index (κ1) is 50.3. The third kappa shape index (κ3) is 22.5. The van der Waals surface area contributed by atoms with Crippen LogP contribution in [-0.2, 0) is 64.6 Å². The Bertz CT molecular complexity index is 1970. The first-order chi connectivity index (χ1) is 31.2. The van der Waals surface area contributed by atoms with Crippen LogP contribution in [0.25, 0.3) is 41.8 Å². The zero-order valence-electron chi connectivity index (χ0n) is 34.8. The largest absolute Gasteiger partial charge is 0.493 e. The van der Waals surface area contributed by atoms with Crippen molar-refractivity contribution in [2.75, 3.05) is 52.6 Å². The summed E-state index contributed by atoms with van der Waals surface area (Å²) in [7, 11) is 0. The Hall–Kier alpha value is -8.02. The summed E-state index contributed by atoms with van der Waals surface area (Å²) in [5.74, 6) is -1.70. The van der Waals surface area contributed by atoms with Crippen LogP contribution < -0.4 is 18.9 Å². The lowest BCUT2D eigenvalue weighted by Gasteiger charge is -2.13. The van der Waals surface area contributed by atoms with Gasteiger partial charge in [-0.05, 0) is 100 Å². The predicted molar refractivity (Wildman–Crippen MR) is 224 cm³/mol. The number of benzene rings is 3. The fraction of sp³-hybridized carbons (Fsp3) is 0.450. The van der Waals surface area contributed by atoms with Crippen LogP contribution in [0.5, 0.6) is 23.0 Å². The van der Waals surface area contributed by atoms with Gasteiger partial charge in [0.2, 0.25) is 0 Å². The van der Waals surface area contributed by atoms with E-state index in [1.807, 2.05) is 0 Å². The molecule has 0 aliphatic heterocycles. The number of hydrogen-bond acceptors (Lipinski definition) is 16. The molecule has 0 aliphatic rings. The summed E-state index contributed by atoms with van der Waals surface area (Å²) in [6.07, 6.45) is 0.534. The van der Waals surface area contributed by atoms with E-state index in [0.29, 0.717) is 70.9 Å². The molecule has 338 valence electrons. The summed E-state index contributed by atoms with van der Waals surface area (Å²) in [5.41, 5.74) is 35.9. The minimum atomic E-state index is -0.839. The van der Waals surface area contributed by atoms with E-state index in [2.05, 4.69) is 40.1 Å². The maximum Gasteiger partial charge on any atom is 0.317 e. The normalized spacial score (nSPS) is 10.0. The Morgan fingerprint density at radius 3 is 0.969 bits per heavy atom. The van der Waals surface area contributed by atoms with Crippen molar-refractivity contribution in [2.45, 2.75) is 65.0 Å². The number of esters is 4. The monoisotopic (exact) mass is 886 g/mol. The van der Waals surface area contributed by atoms with E-state index in [-0.39, 0.29) is 79.0 Å². The summed E-state index contributed by atoms with van der Waals surface area (Å²) in [6, 6.07) is 16.4. The average molecular weight is 887 g/mol. The smallest absolute Gasteiger partial charge is 0.317 e.